The standard InChI is InChI=1S/C20H38N8O5S/c21-5-7-28(17-3-4-17)20(30)18(25-34(31,32)27-8-10-33-11-9-27)12-19(29)23-13-16-2-1-6-26(14-16)15-24-22/h15-18,25H,1-14,21-22H2,(H,23,29)/t16-,18-/m0/s1. The number of nitrogens with one attached hydrogen (secondary N) is 2. The van der Waals surface area contributed by atoms with E-state index in [2.05, 4.69) is 15.1 Å². The number of rotatable bonds is 12. The van der Waals surface area contributed by atoms with Crippen LogP contribution in [0, 0.1) is 5.92 Å². The summed E-state index contributed by atoms with van der Waals surface area (Å²) in [5.41, 5.74) is 5.69. The van der Waals surface area contributed by atoms with Crippen LogP contribution < -0.4 is 21.6 Å². The van der Waals surface area contributed by atoms with E-state index in [4.69, 9.17) is 16.3 Å². The van der Waals surface area contributed by atoms with Crippen LogP contribution >= 0.6 is 0 Å². The molecule has 6 N–H and O–H groups in total. The lowest BCUT2D eigenvalue weighted by atomic mass is 9.98. The molecule has 194 valence electrons. The highest BCUT2D eigenvalue weighted by atomic mass is 32.2. The molecule has 2 atom stereocenters. The summed E-state index contributed by atoms with van der Waals surface area (Å²) >= 11 is 0. The lowest BCUT2D eigenvalue weighted by Crippen LogP contribution is -2.56. The molecule has 0 spiro atoms. The number of nitrogens with two attached hydrogens (primary N) is 2. The van der Waals surface area contributed by atoms with Crippen molar-refractivity contribution in [1.82, 2.24) is 24.1 Å². The normalized spacial score (nSPS) is 23.1. The molecule has 2 heterocycles. The molecule has 0 radical (unpaired) electrons. The van der Waals surface area contributed by atoms with Crippen molar-refractivity contribution in [2.45, 2.75) is 44.2 Å². The molecule has 1 aliphatic carbocycles. The summed E-state index contributed by atoms with van der Waals surface area (Å²) in [7, 11) is -3.96. The van der Waals surface area contributed by atoms with Crippen molar-refractivity contribution in [2.75, 3.05) is 59.0 Å². The van der Waals surface area contributed by atoms with E-state index in [-0.39, 0.29) is 57.1 Å². The Hall–Kier alpha value is -2.00. The van der Waals surface area contributed by atoms with Crippen LogP contribution in [0.15, 0.2) is 5.10 Å². The molecule has 3 fully saturated rings. The van der Waals surface area contributed by atoms with Gasteiger partial charge in [-0.3, -0.25) is 9.59 Å². The van der Waals surface area contributed by atoms with Crippen LogP contribution in [0.1, 0.15) is 32.1 Å². The topological polar surface area (TPSA) is 176 Å². The molecular weight excluding hydrogens is 464 g/mol. The van der Waals surface area contributed by atoms with Crippen molar-refractivity contribution in [3.8, 4) is 0 Å². The first-order valence-electron chi connectivity index (χ1n) is 11.9. The number of piperidine rings is 1. The van der Waals surface area contributed by atoms with Gasteiger partial charge in [-0.05, 0) is 31.6 Å². The number of carbonyl (C=O) groups is 2. The molecule has 2 saturated heterocycles. The highest BCUT2D eigenvalue weighted by Crippen LogP contribution is 2.27. The molecule has 1 saturated carbocycles. The highest BCUT2D eigenvalue weighted by Gasteiger charge is 2.39. The third-order valence-corrected chi connectivity index (χ3v) is 7.93. The maximum absolute atomic E-state index is 13.3. The summed E-state index contributed by atoms with van der Waals surface area (Å²) in [6.07, 6.45) is 4.93. The maximum Gasteiger partial charge on any atom is 0.280 e. The second-order valence-corrected chi connectivity index (χ2v) is 10.7. The maximum atomic E-state index is 13.3. The second kappa shape index (κ2) is 12.6. The van der Waals surface area contributed by atoms with Gasteiger partial charge in [0.2, 0.25) is 11.8 Å². The highest BCUT2D eigenvalue weighted by molar-refractivity contribution is 7.87. The molecule has 0 aromatic heterocycles. The zero-order valence-electron chi connectivity index (χ0n) is 19.6. The van der Waals surface area contributed by atoms with Gasteiger partial charge < -0.3 is 31.4 Å². The van der Waals surface area contributed by atoms with Gasteiger partial charge in [0, 0.05) is 51.9 Å². The van der Waals surface area contributed by atoms with Gasteiger partial charge in [-0.1, -0.05) is 0 Å². The van der Waals surface area contributed by atoms with Crippen molar-refractivity contribution in [1.29, 1.82) is 0 Å². The van der Waals surface area contributed by atoms with E-state index in [1.807, 2.05) is 4.90 Å². The van der Waals surface area contributed by atoms with Gasteiger partial charge in [-0.25, -0.2) is 0 Å². The number of morpholine rings is 1. The number of carbonyl (C=O) groups excluding carboxylic acids is 2. The predicted molar refractivity (Wildman–Crippen MR) is 127 cm³/mol. The monoisotopic (exact) mass is 502 g/mol. The van der Waals surface area contributed by atoms with E-state index in [0.717, 1.165) is 38.8 Å². The van der Waals surface area contributed by atoms with Crippen LogP contribution in [0.4, 0.5) is 0 Å². The summed E-state index contributed by atoms with van der Waals surface area (Å²) in [6, 6.07) is -1.15. The Bertz CT molecular complexity index is 816. The fraction of sp³-hybridized carbons (Fsp3) is 0.850. The van der Waals surface area contributed by atoms with Crippen LogP contribution in [0.3, 0.4) is 0 Å². The molecule has 0 unspecified atom stereocenters. The molecule has 2 amide bonds. The fourth-order valence-corrected chi connectivity index (χ4v) is 5.72. The number of hydrazone groups is 1. The van der Waals surface area contributed by atoms with E-state index in [0.29, 0.717) is 13.1 Å². The number of likely N-dealkylation sites (tertiary alicyclic amines) is 1. The number of ether oxygens (including phenoxy) is 1. The van der Waals surface area contributed by atoms with E-state index in [9.17, 15) is 18.0 Å². The Morgan fingerprint density at radius 2 is 1.94 bits per heavy atom. The van der Waals surface area contributed by atoms with Gasteiger partial charge in [0.05, 0.1) is 19.6 Å². The smallest absolute Gasteiger partial charge is 0.280 e. The fourth-order valence-electron chi connectivity index (χ4n) is 4.40. The molecule has 3 aliphatic rings. The lowest BCUT2D eigenvalue weighted by molar-refractivity contribution is -0.136. The number of amides is 2. The Labute approximate surface area is 201 Å². The second-order valence-electron chi connectivity index (χ2n) is 9.01. The van der Waals surface area contributed by atoms with Gasteiger partial charge >= 0.3 is 0 Å². The van der Waals surface area contributed by atoms with Gasteiger partial charge in [0.15, 0.2) is 0 Å². The van der Waals surface area contributed by atoms with Gasteiger partial charge in [-0.15, -0.1) is 0 Å². The molecule has 0 bridgehead atoms. The summed E-state index contributed by atoms with van der Waals surface area (Å²) in [4.78, 5) is 29.7. The molecule has 0 aromatic rings. The molecular formula is C20H38N8O5S. The van der Waals surface area contributed by atoms with E-state index in [1.54, 1.807) is 11.2 Å². The van der Waals surface area contributed by atoms with Crippen molar-refractivity contribution >= 4 is 28.4 Å². The van der Waals surface area contributed by atoms with Crippen molar-refractivity contribution < 1.29 is 22.7 Å². The van der Waals surface area contributed by atoms with Crippen LogP contribution in [-0.2, 0) is 24.5 Å². The van der Waals surface area contributed by atoms with Gasteiger partial charge in [0.25, 0.3) is 10.2 Å². The predicted octanol–water partition coefficient (Wildman–Crippen LogP) is -2.41. The van der Waals surface area contributed by atoms with E-state index >= 15 is 0 Å². The van der Waals surface area contributed by atoms with E-state index < -0.39 is 22.2 Å². The minimum atomic E-state index is -3.96. The summed E-state index contributed by atoms with van der Waals surface area (Å²) < 4.78 is 34.9. The van der Waals surface area contributed by atoms with Crippen molar-refractivity contribution in [3.63, 3.8) is 0 Å². The minimum absolute atomic E-state index is 0.0481. The largest absolute Gasteiger partial charge is 0.379 e. The Balaban J connectivity index is 1.63. The van der Waals surface area contributed by atoms with Crippen molar-refractivity contribution in [2.24, 2.45) is 22.6 Å². The zero-order valence-corrected chi connectivity index (χ0v) is 20.4. The molecule has 13 nitrogen and oxygen atoms in total. The van der Waals surface area contributed by atoms with Crippen LogP contribution in [0.5, 0.6) is 0 Å². The molecule has 3 rings (SSSR count). The van der Waals surface area contributed by atoms with E-state index in [1.165, 1.54) is 4.31 Å². The Morgan fingerprint density at radius 1 is 1.21 bits per heavy atom. The summed E-state index contributed by atoms with van der Waals surface area (Å²) in [5, 5.41) is 6.43. The first kappa shape index (κ1) is 26.6. The van der Waals surface area contributed by atoms with Gasteiger partial charge in [0.1, 0.15) is 12.4 Å². The third-order valence-electron chi connectivity index (χ3n) is 6.30. The Kier molecular flexibility index (Phi) is 9.88. The molecule has 34 heavy (non-hydrogen) atoms. The van der Waals surface area contributed by atoms with Crippen LogP contribution in [0.2, 0.25) is 0 Å². The van der Waals surface area contributed by atoms with Gasteiger partial charge in [-0.2, -0.15) is 22.5 Å². The summed E-state index contributed by atoms with van der Waals surface area (Å²) in [5.74, 6) is 4.66. The van der Waals surface area contributed by atoms with Crippen LogP contribution in [-0.4, -0.2) is 112 Å². The first-order valence-corrected chi connectivity index (χ1v) is 13.4. The molecule has 14 heteroatoms. The SMILES string of the molecule is NCCN(C(=O)[C@H](CC(=O)NC[C@@H]1CCCN(C=NN)C1)NS(=O)(=O)N1CCOCC1)C1CC1. The number of hydrogen-bond acceptors (Lipinski definition) is 8. The number of hydrogen-bond donors (Lipinski definition) is 4. The molecule has 2 aliphatic heterocycles. The number of nitrogens with zero attached hydrogens (tertiary/aromatic N) is 4. The third kappa shape index (κ3) is 7.77. The minimum Gasteiger partial charge on any atom is -0.379 e. The zero-order chi connectivity index (χ0) is 24.6. The lowest BCUT2D eigenvalue weighted by Gasteiger charge is -2.32. The Morgan fingerprint density at radius 3 is 2.59 bits per heavy atom. The summed E-state index contributed by atoms with van der Waals surface area (Å²) in [6.45, 7) is 3.57. The van der Waals surface area contributed by atoms with Crippen LogP contribution in [0.25, 0.3) is 0 Å². The average molecular weight is 503 g/mol. The average Bonchev–Trinajstić information content (AvgIpc) is 3.67. The van der Waals surface area contributed by atoms with Crippen molar-refractivity contribution in [3.05, 3.63) is 0 Å². The quantitative estimate of drug-likeness (QED) is 0.0987. The first-order chi connectivity index (χ1) is 16.3. The molecule has 0 aromatic carbocycles.